The summed E-state index contributed by atoms with van der Waals surface area (Å²) in [5.41, 5.74) is 8.53. The van der Waals surface area contributed by atoms with Crippen LogP contribution in [0.4, 0.5) is 0 Å². The van der Waals surface area contributed by atoms with Crippen LogP contribution in [0.25, 0.3) is 11.0 Å². The maximum atomic E-state index is 6.28. The SMILES string of the molecule is CCCn1c(CC(N)C(CC)OC)nc2ccccc21. The molecule has 1 aromatic heterocycles. The maximum absolute atomic E-state index is 6.28. The Kier molecular flexibility index (Phi) is 5.15. The van der Waals surface area contributed by atoms with Gasteiger partial charge in [0.1, 0.15) is 5.82 Å². The van der Waals surface area contributed by atoms with E-state index in [0.717, 1.165) is 37.1 Å². The van der Waals surface area contributed by atoms with Crippen molar-refractivity contribution in [1.29, 1.82) is 0 Å². The summed E-state index contributed by atoms with van der Waals surface area (Å²) < 4.78 is 7.73. The third-order valence-electron chi connectivity index (χ3n) is 3.78. The van der Waals surface area contributed by atoms with E-state index in [9.17, 15) is 0 Å². The van der Waals surface area contributed by atoms with Crippen molar-refractivity contribution in [2.24, 2.45) is 5.73 Å². The van der Waals surface area contributed by atoms with Crippen LogP contribution in [0.1, 0.15) is 32.5 Å². The summed E-state index contributed by atoms with van der Waals surface area (Å²) in [4.78, 5) is 4.75. The first-order valence-corrected chi connectivity index (χ1v) is 7.43. The Morgan fingerprint density at radius 2 is 2.05 bits per heavy atom. The molecule has 0 aliphatic heterocycles. The van der Waals surface area contributed by atoms with Crippen LogP contribution in [0.3, 0.4) is 0 Å². The van der Waals surface area contributed by atoms with Gasteiger partial charge in [-0.25, -0.2) is 4.98 Å². The number of aryl methyl sites for hydroxylation is 1. The Hall–Kier alpha value is -1.39. The Bertz CT molecular complexity index is 546. The van der Waals surface area contributed by atoms with Crippen molar-refractivity contribution in [3.8, 4) is 0 Å². The summed E-state index contributed by atoms with van der Waals surface area (Å²) >= 11 is 0. The fourth-order valence-corrected chi connectivity index (χ4v) is 2.74. The smallest absolute Gasteiger partial charge is 0.111 e. The molecule has 0 fully saturated rings. The molecule has 2 unspecified atom stereocenters. The summed E-state index contributed by atoms with van der Waals surface area (Å²) in [5, 5.41) is 0. The first-order chi connectivity index (χ1) is 9.71. The molecule has 4 heteroatoms. The van der Waals surface area contributed by atoms with Crippen LogP contribution in [0.2, 0.25) is 0 Å². The number of nitrogens with two attached hydrogens (primary N) is 1. The predicted molar refractivity (Wildman–Crippen MR) is 82.8 cm³/mol. The van der Waals surface area contributed by atoms with Gasteiger partial charge in [0.15, 0.2) is 0 Å². The molecule has 2 atom stereocenters. The lowest BCUT2D eigenvalue weighted by molar-refractivity contribution is 0.0765. The van der Waals surface area contributed by atoms with E-state index < -0.39 is 0 Å². The number of fused-ring (bicyclic) bond motifs is 1. The lowest BCUT2D eigenvalue weighted by atomic mass is 10.1. The highest BCUT2D eigenvalue weighted by Crippen LogP contribution is 2.18. The van der Waals surface area contributed by atoms with Crippen molar-refractivity contribution >= 4 is 11.0 Å². The molecule has 0 bridgehead atoms. The van der Waals surface area contributed by atoms with Crippen molar-refractivity contribution in [2.75, 3.05) is 7.11 Å². The summed E-state index contributed by atoms with van der Waals surface area (Å²) in [6.07, 6.45) is 2.85. The Morgan fingerprint density at radius 3 is 2.70 bits per heavy atom. The van der Waals surface area contributed by atoms with E-state index in [2.05, 4.69) is 36.6 Å². The van der Waals surface area contributed by atoms with Gasteiger partial charge in [-0.05, 0) is 25.0 Å². The molecule has 0 saturated heterocycles. The second kappa shape index (κ2) is 6.86. The van der Waals surface area contributed by atoms with E-state index in [1.807, 2.05) is 6.07 Å². The monoisotopic (exact) mass is 275 g/mol. The molecular weight excluding hydrogens is 250 g/mol. The summed E-state index contributed by atoms with van der Waals surface area (Å²) in [5.74, 6) is 1.07. The van der Waals surface area contributed by atoms with Crippen LogP contribution in [0, 0.1) is 0 Å². The lowest BCUT2D eigenvalue weighted by Gasteiger charge is -2.21. The van der Waals surface area contributed by atoms with E-state index in [4.69, 9.17) is 15.5 Å². The van der Waals surface area contributed by atoms with Gasteiger partial charge in [-0.2, -0.15) is 0 Å². The Labute approximate surface area is 120 Å². The topological polar surface area (TPSA) is 53.1 Å². The molecule has 2 aromatic rings. The number of hydrogen-bond donors (Lipinski definition) is 1. The minimum Gasteiger partial charge on any atom is -0.380 e. The zero-order chi connectivity index (χ0) is 14.5. The number of hydrogen-bond acceptors (Lipinski definition) is 3. The van der Waals surface area contributed by atoms with Gasteiger partial charge in [-0.15, -0.1) is 0 Å². The number of para-hydroxylation sites is 2. The molecule has 0 spiro atoms. The van der Waals surface area contributed by atoms with Crippen molar-refractivity contribution in [2.45, 2.75) is 51.8 Å². The van der Waals surface area contributed by atoms with Gasteiger partial charge in [0.25, 0.3) is 0 Å². The molecule has 2 rings (SSSR count). The van der Waals surface area contributed by atoms with E-state index in [0.29, 0.717) is 0 Å². The Morgan fingerprint density at radius 1 is 1.30 bits per heavy atom. The number of rotatable bonds is 7. The third kappa shape index (κ3) is 3.02. The van der Waals surface area contributed by atoms with Gasteiger partial charge < -0.3 is 15.0 Å². The quantitative estimate of drug-likeness (QED) is 0.845. The van der Waals surface area contributed by atoms with Crippen LogP contribution < -0.4 is 5.73 Å². The average molecular weight is 275 g/mol. The van der Waals surface area contributed by atoms with Crippen LogP contribution in [0.15, 0.2) is 24.3 Å². The van der Waals surface area contributed by atoms with Crippen LogP contribution >= 0.6 is 0 Å². The highest BCUT2D eigenvalue weighted by molar-refractivity contribution is 5.75. The lowest BCUT2D eigenvalue weighted by Crippen LogP contribution is -2.38. The van der Waals surface area contributed by atoms with Gasteiger partial charge in [0, 0.05) is 26.1 Å². The van der Waals surface area contributed by atoms with Crippen molar-refractivity contribution in [1.82, 2.24) is 9.55 Å². The van der Waals surface area contributed by atoms with E-state index in [-0.39, 0.29) is 12.1 Å². The summed E-state index contributed by atoms with van der Waals surface area (Å²) in [6, 6.07) is 8.26. The van der Waals surface area contributed by atoms with Gasteiger partial charge >= 0.3 is 0 Å². The molecule has 0 radical (unpaired) electrons. The standard InChI is InChI=1S/C16H25N3O/c1-4-10-19-14-9-7-6-8-13(14)18-16(19)11-12(17)15(5-2)20-3/h6-9,12,15H,4-5,10-11,17H2,1-3H3. The molecule has 0 saturated carbocycles. The normalized spacial score (nSPS) is 14.6. The first kappa shape index (κ1) is 15.0. The zero-order valence-corrected chi connectivity index (χ0v) is 12.7. The van der Waals surface area contributed by atoms with Gasteiger partial charge in [0.05, 0.1) is 17.1 Å². The molecule has 4 nitrogen and oxygen atoms in total. The minimum absolute atomic E-state index is 0.0163. The van der Waals surface area contributed by atoms with Gasteiger partial charge in [-0.1, -0.05) is 26.0 Å². The zero-order valence-electron chi connectivity index (χ0n) is 12.7. The summed E-state index contributed by atoms with van der Waals surface area (Å²) in [6.45, 7) is 5.26. The van der Waals surface area contributed by atoms with Crippen molar-refractivity contribution in [3.63, 3.8) is 0 Å². The fourth-order valence-electron chi connectivity index (χ4n) is 2.74. The number of imidazole rings is 1. The second-order valence-corrected chi connectivity index (χ2v) is 5.22. The molecule has 2 N–H and O–H groups in total. The molecule has 0 amide bonds. The van der Waals surface area contributed by atoms with Crippen LogP contribution in [-0.2, 0) is 17.7 Å². The molecule has 0 aliphatic rings. The second-order valence-electron chi connectivity index (χ2n) is 5.22. The number of nitrogens with zero attached hydrogens (tertiary/aromatic N) is 2. The van der Waals surface area contributed by atoms with E-state index in [1.54, 1.807) is 7.11 Å². The van der Waals surface area contributed by atoms with E-state index >= 15 is 0 Å². The fraction of sp³-hybridized carbons (Fsp3) is 0.562. The van der Waals surface area contributed by atoms with Crippen molar-refractivity contribution < 1.29 is 4.74 Å². The molecule has 0 aliphatic carbocycles. The molecule has 110 valence electrons. The molecule has 1 heterocycles. The van der Waals surface area contributed by atoms with Gasteiger partial charge in [-0.3, -0.25) is 0 Å². The van der Waals surface area contributed by atoms with Crippen LogP contribution in [-0.4, -0.2) is 28.8 Å². The average Bonchev–Trinajstić information content (AvgIpc) is 2.79. The third-order valence-corrected chi connectivity index (χ3v) is 3.78. The number of benzene rings is 1. The number of methoxy groups -OCH3 is 1. The molecular formula is C16H25N3O. The van der Waals surface area contributed by atoms with Crippen molar-refractivity contribution in [3.05, 3.63) is 30.1 Å². The maximum Gasteiger partial charge on any atom is 0.111 e. The predicted octanol–water partition coefficient (Wildman–Crippen LogP) is 2.74. The number of ether oxygens (including phenoxy) is 1. The minimum atomic E-state index is -0.0163. The van der Waals surface area contributed by atoms with Gasteiger partial charge in [0.2, 0.25) is 0 Å². The number of aromatic nitrogens is 2. The van der Waals surface area contributed by atoms with Crippen LogP contribution in [0.5, 0.6) is 0 Å². The largest absolute Gasteiger partial charge is 0.380 e. The molecule has 20 heavy (non-hydrogen) atoms. The highest BCUT2D eigenvalue weighted by Gasteiger charge is 2.19. The summed E-state index contributed by atoms with van der Waals surface area (Å²) in [7, 11) is 1.73. The molecule has 1 aromatic carbocycles. The van der Waals surface area contributed by atoms with E-state index in [1.165, 1.54) is 5.52 Å². The highest BCUT2D eigenvalue weighted by atomic mass is 16.5. The first-order valence-electron chi connectivity index (χ1n) is 7.43. The Balaban J connectivity index is 2.30.